The summed E-state index contributed by atoms with van der Waals surface area (Å²) < 4.78 is 11.5. The predicted octanol–water partition coefficient (Wildman–Crippen LogP) is 2.62. The Balaban J connectivity index is 1.52. The summed E-state index contributed by atoms with van der Waals surface area (Å²) in [6, 6.07) is 13.2. The highest BCUT2D eigenvalue weighted by Gasteiger charge is 2.32. The van der Waals surface area contributed by atoms with E-state index in [1.54, 1.807) is 28.6 Å². The van der Waals surface area contributed by atoms with Gasteiger partial charge in [0.05, 0.1) is 43.8 Å². The van der Waals surface area contributed by atoms with Crippen LogP contribution in [0.3, 0.4) is 0 Å². The van der Waals surface area contributed by atoms with Crippen LogP contribution in [0.1, 0.15) is 20.9 Å². The second-order valence-electron chi connectivity index (χ2n) is 7.43. The van der Waals surface area contributed by atoms with E-state index in [-0.39, 0.29) is 24.5 Å². The molecule has 3 heterocycles. The summed E-state index contributed by atoms with van der Waals surface area (Å²) in [7, 11) is 1.62. The number of benzene rings is 1. The molecule has 0 N–H and O–H groups in total. The molecule has 1 saturated heterocycles. The van der Waals surface area contributed by atoms with Crippen molar-refractivity contribution in [2.45, 2.75) is 19.3 Å². The lowest BCUT2D eigenvalue weighted by molar-refractivity contribution is -0.132. The van der Waals surface area contributed by atoms with Crippen LogP contribution in [0, 0.1) is 0 Å². The number of hydrogen-bond donors (Lipinski definition) is 0. The van der Waals surface area contributed by atoms with E-state index < -0.39 is 0 Å². The summed E-state index contributed by atoms with van der Waals surface area (Å²) in [5, 5.41) is 0. The van der Waals surface area contributed by atoms with Gasteiger partial charge in [0.25, 0.3) is 5.91 Å². The lowest BCUT2D eigenvalue weighted by Gasteiger charge is -2.24. The number of hydrogen-bond acceptors (Lipinski definition) is 7. The summed E-state index contributed by atoms with van der Waals surface area (Å²) in [6.07, 6.45) is 2.88. The second kappa shape index (κ2) is 10.3. The molecule has 0 bridgehead atoms. The van der Waals surface area contributed by atoms with Gasteiger partial charge < -0.3 is 19.3 Å². The Hall–Kier alpha value is -3.30. The van der Waals surface area contributed by atoms with E-state index in [4.69, 9.17) is 9.47 Å². The van der Waals surface area contributed by atoms with Crippen LogP contribution < -0.4 is 4.74 Å². The van der Waals surface area contributed by atoms with Crippen LogP contribution in [0.15, 0.2) is 60.4 Å². The molecule has 0 saturated carbocycles. The van der Waals surface area contributed by atoms with Gasteiger partial charge in [0.1, 0.15) is 17.2 Å². The Morgan fingerprint density at radius 2 is 2.12 bits per heavy atom. The summed E-state index contributed by atoms with van der Waals surface area (Å²) in [6.45, 7) is 1.37. The van der Waals surface area contributed by atoms with Crippen molar-refractivity contribution < 1.29 is 19.1 Å². The maximum absolute atomic E-state index is 13.0. The van der Waals surface area contributed by atoms with Crippen molar-refractivity contribution >= 4 is 23.2 Å². The van der Waals surface area contributed by atoms with Gasteiger partial charge in [-0.3, -0.25) is 19.6 Å². The molecule has 1 aliphatic heterocycles. The number of rotatable bonds is 7. The minimum absolute atomic E-state index is 0.0113. The maximum Gasteiger partial charge on any atom is 0.266 e. The van der Waals surface area contributed by atoms with E-state index in [9.17, 15) is 9.59 Å². The van der Waals surface area contributed by atoms with Crippen molar-refractivity contribution in [3.05, 3.63) is 76.5 Å². The zero-order chi connectivity index (χ0) is 22.3. The maximum atomic E-state index is 13.0. The summed E-state index contributed by atoms with van der Waals surface area (Å²) in [4.78, 5) is 38.1. The van der Waals surface area contributed by atoms with Gasteiger partial charge in [0.15, 0.2) is 0 Å². The van der Waals surface area contributed by atoms with Crippen molar-refractivity contribution in [1.29, 1.82) is 0 Å². The first kappa shape index (κ1) is 21.9. The summed E-state index contributed by atoms with van der Waals surface area (Å²) in [5.41, 5.74) is 3.35. The monoisotopic (exact) mass is 452 g/mol. The Kier molecular flexibility index (Phi) is 7.08. The molecule has 8 nitrogen and oxygen atoms in total. The quantitative estimate of drug-likeness (QED) is 0.548. The molecule has 0 radical (unpaired) electrons. The third kappa shape index (κ3) is 5.49. The number of carbonyl (C=O) groups excluding carboxylic acids is 2. The number of aromatic nitrogens is 2. The molecule has 9 heteroatoms. The van der Waals surface area contributed by atoms with Crippen LogP contribution in [0.5, 0.6) is 5.75 Å². The van der Waals surface area contributed by atoms with Gasteiger partial charge in [-0.15, -0.1) is 11.3 Å². The average molecular weight is 453 g/mol. The lowest BCUT2D eigenvalue weighted by atomic mass is 10.2. The predicted molar refractivity (Wildman–Crippen MR) is 119 cm³/mol. The molecule has 1 atom stereocenters. The fraction of sp³-hybridized carbons (Fsp3) is 0.304. The van der Waals surface area contributed by atoms with Crippen LogP contribution >= 0.6 is 11.3 Å². The minimum Gasteiger partial charge on any atom is -0.497 e. The molecule has 3 aromatic rings. The second-order valence-corrected chi connectivity index (χ2v) is 8.32. The fourth-order valence-corrected chi connectivity index (χ4v) is 4.12. The molecule has 1 aromatic carbocycles. The molecule has 2 amide bonds. The molecule has 32 heavy (non-hydrogen) atoms. The number of ether oxygens (including phenoxy) is 2. The molecular formula is C23H24N4O4S. The van der Waals surface area contributed by atoms with E-state index in [1.165, 1.54) is 17.5 Å². The first-order chi connectivity index (χ1) is 15.6. The first-order valence-electron chi connectivity index (χ1n) is 10.2. The Morgan fingerprint density at radius 3 is 2.88 bits per heavy atom. The number of pyridine rings is 1. The Labute approximate surface area is 190 Å². The molecule has 0 aliphatic carbocycles. The number of amides is 2. The van der Waals surface area contributed by atoms with Crippen molar-refractivity contribution in [1.82, 2.24) is 19.8 Å². The third-order valence-corrected chi connectivity index (χ3v) is 5.92. The third-order valence-electron chi connectivity index (χ3n) is 5.16. The molecule has 0 spiro atoms. The number of carbonyl (C=O) groups is 2. The van der Waals surface area contributed by atoms with Crippen LogP contribution in [0.25, 0.3) is 0 Å². The normalized spacial score (nSPS) is 16.7. The van der Waals surface area contributed by atoms with Crippen LogP contribution in [0.4, 0.5) is 0 Å². The smallest absolute Gasteiger partial charge is 0.266 e. The van der Waals surface area contributed by atoms with Crippen LogP contribution in [-0.2, 0) is 22.7 Å². The van der Waals surface area contributed by atoms with Gasteiger partial charge in [-0.2, -0.15) is 0 Å². The van der Waals surface area contributed by atoms with E-state index in [0.717, 1.165) is 17.0 Å². The molecule has 4 rings (SSSR count). The molecule has 166 valence electrons. The molecule has 1 aliphatic rings. The molecular weight excluding hydrogens is 428 g/mol. The highest BCUT2D eigenvalue weighted by molar-refractivity contribution is 7.11. The highest BCUT2D eigenvalue weighted by atomic mass is 32.1. The number of nitrogens with zero attached hydrogens (tertiary/aromatic N) is 4. The SMILES string of the molecule is COc1cccc(COC2CN(Cc3ccccn3)C(=O)CN(C(=O)c3cncs3)C2)c1. The first-order valence-corrected chi connectivity index (χ1v) is 11.1. The van der Waals surface area contributed by atoms with Crippen molar-refractivity contribution in [2.24, 2.45) is 0 Å². The topological polar surface area (TPSA) is 84.9 Å². The molecule has 2 aromatic heterocycles. The molecule has 1 unspecified atom stereocenters. The van der Waals surface area contributed by atoms with Gasteiger partial charge in [-0.1, -0.05) is 18.2 Å². The Morgan fingerprint density at radius 1 is 1.22 bits per heavy atom. The van der Waals surface area contributed by atoms with Gasteiger partial charge in [-0.25, -0.2) is 0 Å². The minimum atomic E-state index is -0.353. The van der Waals surface area contributed by atoms with Gasteiger partial charge in [-0.05, 0) is 29.8 Å². The van der Waals surface area contributed by atoms with Gasteiger partial charge in [0, 0.05) is 19.3 Å². The molecule has 1 fully saturated rings. The largest absolute Gasteiger partial charge is 0.497 e. The van der Waals surface area contributed by atoms with Crippen LogP contribution in [0.2, 0.25) is 0 Å². The fourth-order valence-electron chi connectivity index (χ4n) is 3.53. The van der Waals surface area contributed by atoms with E-state index in [0.29, 0.717) is 31.1 Å². The zero-order valence-electron chi connectivity index (χ0n) is 17.7. The van der Waals surface area contributed by atoms with Crippen molar-refractivity contribution in [2.75, 3.05) is 26.7 Å². The standard InChI is InChI=1S/C23H24N4O4S/c1-30-19-7-4-5-17(9-19)15-31-20-12-26(11-18-6-2-3-8-25-18)22(28)14-27(13-20)23(29)21-10-24-16-32-21/h2-10,16,20H,11-15H2,1H3. The summed E-state index contributed by atoms with van der Waals surface area (Å²) >= 11 is 1.26. The summed E-state index contributed by atoms with van der Waals surface area (Å²) in [5.74, 6) is 0.400. The lowest BCUT2D eigenvalue weighted by Crippen LogP contribution is -2.39. The average Bonchev–Trinajstić information content (AvgIpc) is 3.31. The number of methoxy groups -OCH3 is 1. The highest BCUT2D eigenvalue weighted by Crippen LogP contribution is 2.18. The van der Waals surface area contributed by atoms with E-state index >= 15 is 0 Å². The van der Waals surface area contributed by atoms with Crippen molar-refractivity contribution in [3.63, 3.8) is 0 Å². The van der Waals surface area contributed by atoms with E-state index in [1.807, 2.05) is 42.5 Å². The zero-order valence-corrected chi connectivity index (χ0v) is 18.5. The van der Waals surface area contributed by atoms with Crippen molar-refractivity contribution in [3.8, 4) is 5.75 Å². The van der Waals surface area contributed by atoms with Gasteiger partial charge in [0.2, 0.25) is 5.91 Å². The van der Waals surface area contributed by atoms with E-state index in [2.05, 4.69) is 9.97 Å². The van der Waals surface area contributed by atoms with Gasteiger partial charge >= 0.3 is 0 Å². The number of thiazole rings is 1. The Bertz CT molecular complexity index is 1050. The van der Waals surface area contributed by atoms with Crippen LogP contribution in [-0.4, -0.2) is 64.4 Å².